The number of hydrogen-bond acceptors (Lipinski definition) is 4. The van der Waals surface area contributed by atoms with Gasteiger partial charge < -0.3 is 10.3 Å². The first kappa shape index (κ1) is 12.6. The molecule has 0 saturated heterocycles. The predicted octanol–water partition coefficient (Wildman–Crippen LogP) is 4.24. The van der Waals surface area contributed by atoms with Crippen molar-refractivity contribution >= 4 is 58.5 Å². The zero-order valence-electron chi connectivity index (χ0n) is 8.17. The highest BCUT2D eigenvalue weighted by Crippen LogP contribution is 2.20. The molecule has 88 valence electrons. The Morgan fingerprint density at radius 1 is 1.18 bits per heavy atom. The monoisotopic (exact) mass is 306 g/mol. The minimum atomic E-state index is 0.0591. The maximum atomic E-state index is 5.75. The largest absolute Gasteiger partial charge is 0.338 e. The number of anilines is 2. The van der Waals surface area contributed by atoms with Gasteiger partial charge in [0.1, 0.15) is 20.8 Å². The lowest BCUT2D eigenvalue weighted by atomic mass is 10.4. The number of hydrogen-bond donors (Lipinski definition) is 2. The maximum Gasteiger partial charge on any atom is 0.225 e. The molecule has 8 heteroatoms. The van der Waals surface area contributed by atoms with Gasteiger partial charge in [-0.1, -0.05) is 35.4 Å². The first-order valence-corrected chi connectivity index (χ1v) is 5.95. The minimum absolute atomic E-state index is 0.0591. The molecule has 17 heavy (non-hydrogen) atoms. The summed E-state index contributed by atoms with van der Waals surface area (Å²) < 4.78 is 0.461. The zero-order valence-corrected chi connectivity index (χ0v) is 11.3. The second kappa shape index (κ2) is 5.18. The molecule has 0 bridgehead atoms. The number of rotatable bonds is 2. The molecule has 2 aromatic rings. The Morgan fingerprint density at radius 2 is 1.94 bits per heavy atom. The summed E-state index contributed by atoms with van der Waals surface area (Å²) in [6.45, 7) is 0. The van der Waals surface area contributed by atoms with Crippen LogP contribution in [-0.2, 0) is 0 Å². The maximum absolute atomic E-state index is 5.75. The fourth-order valence-corrected chi connectivity index (χ4v) is 1.99. The van der Waals surface area contributed by atoms with Crippen molar-refractivity contribution in [3.8, 4) is 0 Å². The molecule has 0 aliphatic heterocycles. The van der Waals surface area contributed by atoms with Crippen molar-refractivity contribution in [2.75, 3.05) is 5.32 Å². The van der Waals surface area contributed by atoms with Crippen molar-refractivity contribution in [1.82, 2.24) is 15.0 Å². The van der Waals surface area contributed by atoms with Crippen molar-refractivity contribution in [2.45, 2.75) is 0 Å². The summed E-state index contributed by atoms with van der Waals surface area (Å²) in [6, 6.07) is 4.94. The Bertz CT molecular complexity index is 593. The molecule has 0 saturated carbocycles. The molecular weight excluding hydrogens is 303 g/mol. The highest BCUT2D eigenvalue weighted by atomic mass is 35.5. The zero-order chi connectivity index (χ0) is 12.4. The summed E-state index contributed by atoms with van der Waals surface area (Å²) >= 11 is 22.3. The van der Waals surface area contributed by atoms with Gasteiger partial charge in [0.25, 0.3) is 0 Å². The number of aromatic nitrogens is 3. The molecule has 0 aliphatic carbocycles. The van der Waals surface area contributed by atoms with Crippen molar-refractivity contribution in [1.29, 1.82) is 0 Å². The van der Waals surface area contributed by atoms with E-state index in [4.69, 9.17) is 47.0 Å². The Labute approximate surface area is 117 Å². The molecule has 2 heterocycles. The van der Waals surface area contributed by atoms with Crippen LogP contribution in [0, 0.1) is 4.64 Å². The third kappa shape index (κ3) is 3.29. The fourth-order valence-electron chi connectivity index (χ4n) is 1.14. The van der Waals surface area contributed by atoms with Crippen LogP contribution in [0.2, 0.25) is 15.6 Å². The molecule has 0 radical (unpaired) electrons. The first-order valence-electron chi connectivity index (χ1n) is 4.40. The Hall–Kier alpha value is -0.880. The third-order valence-corrected chi connectivity index (χ3v) is 2.71. The van der Waals surface area contributed by atoms with Gasteiger partial charge in [0.2, 0.25) is 5.28 Å². The van der Waals surface area contributed by atoms with Crippen molar-refractivity contribution in [3.63, 3.8) is 0 Å². The lowest BCUT2D eigenvalue weighted by Crippen LogP contribution is -1.97. The topological polar surface area (TPSA) is 53.6 Å². The molecule has 0 spiro atoms. The number of nitrogens with zero attached hydrogens (tertiary/aromatic N) is 2. The van der Waals surface area contributed by atoms with Crippen molar-refractivity contribution < 1.29 is 0 Å². The lowest BCUT2D eigenvalue weighted by molar-refractivity contribution is 1.16. The Kier molecular flexibility index (Phi) is 3.83. The molecule has 0 aliphatic rings. The van der Waals surface area contributed by atoms with Crippen LogP contribution in [0.15, 0.2) is 18.2 Å². The molecule has 2 aromatic heterocycles. The van der Waals surface area contributed by atoms with E-state index in [1.807, 2.05) is 0 Å². The van der Waals surface area contributed by atoms with Crippen LogP contribution in [0.3, 0.4) is 0 Å². The van der Waals surface area contributed by atoms with Gasteiger partial charge in [0, 0.05) is 6.07 Å². The second-order valence-corrected chi connectivity index (χ2v) is 4.56. The van der Waals surface area contributed by atoms with Gasteiger partial charge in [0.05, 0.1) is 5.69 Å². The van der Waals surface area contributed by atoms with E-state index in [1.54, 1.807) is 12.1 Å². The Morgan fingerprint density at radius 3 is 2.59 bits per heavy atom. The average Bonchev–Trinajstić information content (AvgIpc) is 2.21. The van der Waals surface area contributed by atoms with Crippen LogP contribution in [0.25, 0.3) is 0 Å². The number of halogens is 3. The van der Waals surface area contributed by atoms with E-state index in [0.29, 0.717) is 21.3 Å². The molecule has 2 rings (SSSR count). The normalized spacial score (nSPS) is 10.3. The summed E-state index contributed by atoms with van der Waals surface area (Å²) in [5.41, 5.74) is 0.648. The van der Waals surface area contributed by atoms with Gasteiger partial charge in [-0.3, -0.25) is 0 Å². The molecule has 0 fully saturated rings. The van der Waals surface area contributed by atoms with Gasteiger partial charge in [0.15, 0.2) is 0 Å². The summed E-state index contributed by atoms with van der Waals surface area (Å²) in [5, 5.41) is 3.73. The van der Waals surface area contributed by atoms with E-state index in [-0.39, 0.29) is 10.4 Å². The number of pyridine rings is 1. The van der Waals surface area contributed by atoms with E-state index >= 15 is 0 Å². The smallest absolute Gasteiger partial charge is 0.225 e. The predicted molar refractivity (Wildman–Crippen MR) is 72.0 cm³/mol. The fraction of sp³-hybridized carbons (Fsp3) is 0. The average molecular weight is 308 g/mol. The third-order valence-electron chi connectivity index (χ3n) is 1.80. The molecule has 0 amide bonds. The molecule has 0 aromatic carbocycles. The number of aromatic amines is 1. The van der Waals surface area contributed by atoms with Crippen molar-refractivity contribution in [3.05, 3.63) is 38.4 Å². The molecule has 0 unspecified atom stereocenters. The highest BCUT2D eigenvalue weighted by Gasteiger charge is 2.03. The molecule has 4 nitrogen and oxygen atoms in total. The van der Waals surface area contributed by atoms with Crippen LogP contribution >= 0.6 is 47.0 Å². The van der Waals surface area contributed by atoms with Gasteiger partial charge >= 0.3 is 0 Å². The van der Waals surface area contributed by atoms with Gasteiger partial charge in [-0.2, -0.15) is 0 Å². The van der Waals surface area contributed by atoms with Crippen LogP contribution in [0.4, 0.5) is 11.5 Å². The molecule has 2 N–H and O–H groups in total. The van der Waals surface area contributed by atoms with Crippen LogP contribution < -0.4 is 5.32 Å². The van der Waals surface area contributed by atoms with Gasteiger partial charge in [-0.25, -0.2) is 9.97 Å². The summed E-state index contributed by atoms with van der Waals surface area (Å²) in [7, 11) is 0. The number of nitrogens with one attached hydrogen (secondary N) is 2. The second-order valence-electron chi connectivity index (χ2n) is 3.02. The number of H-pyrrole nitrogens is 1. The van der Waals surface area contributed by atoms with E-state index in [1.165, 1.54) is 6.07 Å². The van der Waals surface area contributed by atoms with E-state index in [0.717, 1.165) is 0 Å². The first-order chi connectivity index (χ1) is 8.04. The summed E-state index contributed by atoms with van der Waals surface area (Å²) in [5.74, 6) is 0.455. The van der Waals surface area contributed by atoms with Gasteiger partial charge in [-0.05, 0) is 23.7 Å². The van der Waals surface area contributed by atoms with E-state index in [2.05, 4.69) is 20.3 Å². The summed E-state index contributed by atoms with van der Waals surface area (Å²) in [4.78, 5) is 10.5. The van der Waals surface area contributed by atoms with Crippen LogP contribution in [-0.4, -0.2) is 15.0 Å². The summed E-state index contributed by atoms with van der Waals surface area (Å²) in [6.07, 6.45) is 0. The molecule has 0 atom stereocenters. The van der Waals surface area contributed by atoms with E-state index < -0.39 is 0 Å². The van der Waals surface area contributed by atoms with Crippen LogP contribution in [0.5, 0.6) is 0 Å². The lowest BCUT2D eigenvalue weighted by Gasteiger charge is -2.06. The SMILES string of the molecule is S=c1[nH]c(Cl)ccc1Nc1cc(Cl)nc(Cl)n1. The standard InChI is InChI=1S/C9H5Cl3N4S/c10-5-2-1-4(8(17)14-5)13-7-3-6(11)15-9(12)16-7/h1-3H,(H,14,17)(H,13,15,16). The van der Waals surface area contributed by atoms with Gasteiger partial charge in [-0.15, -0.1) is 0 Å². The molecular formula is C9H5Cl3N4S. The van der Waals surface area contributed by atoms with E-state index in [9.17, 15) is 0 Å². The highest BCUT2D eigenvalue weighted by molar-refractivity contribution is 7.71. The minimum Gasteiger partial charge on any atom is -0.338 e. The van der Waals surface area contributed by atoms with Crippen LogP contribution in [0.1, 0.15) is 0 Å². The van der Waals surface area contributed by atoms with Crippen molar-refractivity contribution in [2.24, 2.45) is 0 Å². The quantitative estimate of drug-likeness (QED) is 0.377. The Balaban J connectivity index is 2.34.